The minimum atomic E-state index is -1.12. The molecule has 0 aromatic heterocycles. The Hall–Kier alpha value is -2.77. The number of halogens is 1. The second-order valence-corrected chi connectivity index (χ2v) is 8.26. The lowest BCUT2D eigenvalue weighted by atomic mass is 9.92. The van der Waals surface area contributed by atoms with Gasteiger partial charge in [0.2, 0.25) is 0 Å². The van der Waals surface area contributed by atoms with Crippen molar-refractivity contribution in [3.05, 3.63) is 58.1 Å². The van der Waals surface area contributed by atoms with Gasteiger partial charge in [0.1, 0.15) is 17.5 Å². The van der Waals surface area contributed by atoms with Crippen LogP contribution in [0.3, 0.4) is 0 Å². The van der Waals surface area contributed by atoms with Crippen molar-refractivity contribution in [1.29, 1.82) is 0 Å². The fourth-order valence-corrected chi connectivity index (χ4v) is 3.92. The van der Waals surface area contributed by atoms with Crippen molar-refractivity contribution in [2.75, 3.05) is 26.3 Å². The highest BCUT2D eigenvalue weighted by Crippen LogP contribution is 2.29. The number of carboxylic acid groups (broad SMARTS) is 1. The van der Waals surface area contributed by atoms with Crippen LogP contribution in [0.2, 0.25) is 5.02 Å². The van der Waals surface area contributed by atoms with Crippen molar-refractivity contribution in [2.45, 2.75) is 31.2 Å². The second-order valence-electron chi connectivity index (χ2n) is 7.85. The Bertz CT molecular complexity index is 976. The van der Waals surface area contributed by atoms with Gasteiger partial charge < -0.3 is 25.2 Å². The molecule has 1 amide bonds. The van der Waals surface area contributed by atoms with Crippen LogP contribution in [-0.4, -0.2) is 49.3 Å². The predicted octanol–water partition coefficient (Wildman–Crippen LogP) is 3.00. The molecule has 1 atom stereocenters. The Balaban J connectivity index is 1.64. The summed E-state index contributed by atoms with van der Waals surface area (Å²) in [6.07, 6.45) is 1.61. The summed E-state index contributed by atoms with van der Waals surface area (Å²) in [5.41, 5.74) is 2.09. The molecule has 3 heterocycles. The van der Waals surface area contributed by atoms with Crippen molar-refractivity contribution in [1.82, 2.24) is 10.6 Å². The minimum absolute atomic E-state index is 0.101. The van der Waals surface area contributed by atoms with Crippen LogP contribution < -0.4 is 20.1 Å². The van der Waals surface area contributed by atoms with Gasteiger partial charge in [-0.3, -0.25) is 4.79 Å². The molecule has 5 rings (SSSR count). The lowest BCUT2D eigenvalue weighted by molar-refractivity contribution is -0.139. The summed E-state index contributed by atoms with van der Waals surface area (Å²) < 4.78 is 11.6. The number of nitrogens with one attached hydrogen (secondary N) is 2. The van der Waals surface area contributed by atoms with E-state index in [1.807, 2.05) is 12.1 Å². The van der Waals surface area contributed by atoms with Gasteiger partial charge >= 0.3 is 5.97 Å². The van der Waals surface area contributed by atoms with Crippen molar-refractivity contribution in [2.24, 2.45) is 0 Å². The highest BCUT2D eigenvalue weighted by molar-refractivity contribution is 6.32. The molecule has 2 aromatic rings. The van der Waals surface area contributed by atoms with Crippen LogP contribution in [0.1, 0.15) is 40.2 Å². The first-order valence-corrected chi connectivity index (χ1v) is 10.8. The second kappa shape index (κ2) is 9.58. The van der Waals surface area contributed by atoms with Gasteiger partial charge in [0.05, 0.1) is 23.8 Å². The molecular formula is C23H25ClN2O5. The smallest absolute Gasteiger partial charge is 0.326 e. The zero-order chi connectivity index (χ0) is 21.8. The Morgan fingerprint density at radius 1 is 1.03 bits per heavy atom. The van der Waals surface area contributed by atoms with Gasteiger partial charge in [-0.25, -0.2) is 4.79 Å². The number of carboxylic acids is 1. The first kappa shape index (κ1) is 21.5. The monoisotopic (exact) mass is 444 g/mol. The molecule has 2 aromatic carbocycles. The van der Waals surface area contributed by atoms with E-state index in [1.54, 1.807) is 24.3 Å². The number of rotatable bonds is 2. The number of hydrogen-bond donors (Lipinski definition) is 3. The molecule has 0 aliphatic carbocycles. The SMILES string of the molecule is O=C1N[C@H](C(=O)O)Cc2ccc(c(Cl)c2)OCCCCOc2ccc(C3CNC3)cc21. The number of aliphatic carboxylic acids is 1. The maximum absolute atomic E-state index is 13.1. The van der Waals surface area contributed by atoms with Crippen molar-refractivity contribution in [3.63, 3.8) is 0 Å². The van der Waals surface area contributed by atoms with E-state index in [9.17, 15) is 14.7 Å². The quantitative estimate of drug-likeness (QED) is 0.659. The zero-order valence-corrected chi connectivity index (χ0v) is 17.8. The summed E-state index contributed by atoms with van der Waals surface area (Å²) in [7, 11) is 0. The summed E-state index contributed by atoms with van der Waals surface area (Å²) in [5, 5.41) is 16.0. The molecule has 0 unspecified atom stereocenters. The van der Waals surface area contributed by atoms with Gasteiger partial charge in [0, 0.05) is 25.4 Å². The van der Waals surface area contributed by atoms with Crippen LogP contribution in [0.5, 0.6) is 11.5 Å². The molecule has 3 aliphatic rings. The minimum Gasteiger partial charge on any atom is -0.493 e. The van der Waals surface area contributed by atoms with Crippen LogP contribution in [0, 0.1) is 0 Å². The lowest BCUT2D eigenvalue weighted by Gasteiger charge is -2.28. The van der Waals surface area contributed by atoms with E-state index in [0.29, 0.717) is 46.8 Å². The average molecular weight is 445 g/mol. The topological polar surface area (TPSA) is 96.9 Å². The third kappa shape index (κ3) is 5.11. The molecule has 164 valence electrons. The number of fused-ring (bicyclic) bond motifs is 10. The highest BCUT2D eigenvalue weighted by Gasteiger charge is 2.26. The van der Waals surface area contributed by atoms with Crippen molar-refractivity contribution >= 4 is 23.5 Å². The molecule has 2 bridgehead atoms. The molecular weight excluding hydrogens is 420 g/mol. The standard InChI is InChI=1S/C23H25ClN2O5/c24-18-9-14-3-5-21(18)31-8-2-1-7-30-20-6-4-15(16-12-25-13-16)11-17(20)22(27)26-19(10-14)23(28)29/h3-6,9,11,16,19,25H,1-2,7-8,10,12-13H2,(H,26,27)(H,28,29)/t19-/m0/s1. The van der Waals surface area contributed by atoms with Crippen LogP contribution in [0.4, 0.5) is 0 Å². The van der Waals surface area contributed by atoms with E-state index in [2.05, 4.69) is 10.6 Å². The van der Waals surface area contributed by atoms with Crippen LogP contribution >= 0.6 is 11.6 Å². The van der Waals surface area contributed by atoms with Crippen molar-refractivity contribution in [3.8, 4) is 11.5 Å². The van der Waals surface area contributed by atoms with E-state index in [1.165, 1.54) is 0 Å². The van der Waals surface area contributed by atoms with E-state index in [-0.39, 0.29) is 6.42 Å². The number of amides is 1. The molecule has 3 N–H and O–H groups in total. The van der Waals surface area contributed by atoms with Gasteiger partial charge in [0.15, 0.2) is 0 Å². The average Bonchev–Trinajstić information content (AvgIpc) is 2.70. The summed E-state index contributed by atoms with van der Waals surface area (Å²) >= 11 is 6.29. The van der Waals surface area contributed by atoms with E-state index < -0.39 is 17.9 Å². The zero-order valence-electron chi connectivity index (χ0n) is 17.0. The van der Waals surface area contributed by atoms with Gasteiger partial charge in [-0.2, -0.15) is 0 Å². The first-order valence-electron chi connectivity index (χ1n) is 10.4. The predicted molar refractivity (Wildman–Crippen MR) is 116 cm³/mol. The fourth-order valence-electron chi connectivity index (χ4n) is 3.66. The Morgan fingerprint density at radius 2 is 1.74 bits per heavy atom. The molecule has 1 fully saturated rings. The first-order chi connectivity index (χ1) is 15.0. The molecule has 31 heavy (non-hydrogen) atoms. The fraction of sp³-hybridized carbons (Fsp3) is 0.391. The van der Waals surface area contributed by atoms with E-state index in [0.717, 1.165) is 31.5 Å². The highest BCUT2D eigenvalue weighted by atomic mass is 35.5. The molecule has 0 spiro atoms. The van der Waals surface area contributed by atoms with Gasteiger partial charge in [-0.1, -0.05) is 23.7 Å². The van der Waals surface area contributed by atoms with E-state index >= 15 is 0 Å². The van der Waals surface area contributed by atoms with Crippen LogP contribution in [-0.2, 0) is 11.2 Å². The Morgan fingerprint density at radius 3 is 2.39 bits per heavy atom. The summed E-state index contributed by atoms with van der Waals surface area (Å²) in [6, 6.07) is 9.66. The van der Waals surface area contributed by atoms with Gasteiger partial charge in [0.25, 0.3) is 5.91 Å². The molecule has 3 aliphatic heterocycles. The number of carbonyl (C=O) groups is 2. The number of hydrogen-bond acceptors (Lipinski definition) is 5. The van der Waals surface area contributed by atoms with E-state index in [4.69, 9.17) is 21.1 Å². The molecule has 8 heteroatoms. The summed E-state index contributed by atoms with van der Waals surface area (Å²) in [4.78, 5) is 25.0. The third-order valence-electron chi connectivity index (χ3n) is 5.59. The third-order valence-corrected chi connectivity index (χ3v) is 5.89. The van der Waals surface area contributed by atoms with Crippen molar-refractivity contribution < 1.29 is 24.2 Å². The number of benzene rings is 2. The Kier molecular flexibility index (Phi) is 6.63. The largest absolute Gasteiger partial charge is 0.493 e. The summed E-state index contributed by atoms with van der Waals surface area (Å²) in [5.74, 6) is -0.233. The lowest BCUT2D eigenvalue weighted by Crippen LogP contribution is -2.43. The maximum Gasteiger partial charge on any atom is 0.326 e. The normalized spacial score (nSPS) is 20.0. The molecule has 1 saturated heterocycles. The van der Waals surface area contributed by atoms with Gasteiger partial charge in [-0.15, -0.1) is 0 Å². The van der Waals surface area contributed by atoms with Crippen LogP contribution in [0.25, 0.3) is 0 Å². The summed E-state index contributed by atoms with van der Waals surface area (Å²) in [6.45, 7) is 2.62. The number of ether oxygens (including phenoxy) is 2. The number of carbonyl (C=O) groups excluding carboxylic acids is 1. The Labute approximate surface area is 185 Å². The van der Waals surface area contributed by atoms with Crippen LogP contribution in [0.15, 0.2) is 36.4 Å². The molecule has 7 nitrogen and oxygen atoms in total. The van der Waals surface area contributed by atoms with Gasteiger partial charge in [-0.05, 0) is 48.2 Å². The molecule has 0 saturated carbocycles. The molecule has 0 radical (unpaired) electrons. The maximum atomic E-state index is 13.1.